The number of piperazine rings is 1. The lowest BCUT2D eigenvalue weighted by molar-refractivity contribution is -0.141. The minimum absolute atomic E-state index is 0.00123. The summed E-state index contributed by atoms with van der Waals surface area (Å²) < 4.78 is 0. The lowest BCUT2D eigenvalue weighted by Gasteiger charge is -2.42. The average molecular weight is 403 g/mol. The monoisotopic (exact) mass is 403 g/mol. The van der Waals surface area contributed by atoms with E-state index in [0.29, 0.717) is 18.7 Å². The van der Waals surface area contributed by atoms with Crippen LogP contribution in [0.1, 0.15) is 15.9 Å². The van der Waals surface area contributed by atoms with Gasteiger partial charge >= 0.3 is 0 Å². The summed E-state index contributed by atoms with van der Waals surface area (Å²) in [5.41, 5.74) is 2.88. The van der Waals surface area contributed by atoms with E-state index in [-0.39, 0.29) is 17.7 Å². The van der Waals surface area contributed by atoms with Gasteiger partial charge in [0.2, 0.25) is 5.91 Å². The first-order valence-electron chi connectivity index (χ1n) is 10.4. The molecule has 2 fully saturated rings. The lowest BCUT2D eigenvalue weighted by atomic mass is 9.96. The number of hydrogen-bond donors (Lipinski definition) is 1. The number of nitrogens with zero attached hydrogens (tertiary/aromatic N) is 4. The van der Waals surface area contributed by atoms with E-state index in [2.05, 4.69) is 14.9 Å². The SMILES string of the molecule is O=C(c1c[nH]c2ccccc12)N1CC(C(=O)N2CCN(Cc3ccncc3)CC2)C1. The number of likely N-dealkylation sites (tertiary alicyclic amines) is 1. The first-order chi connectivity index (χ1) is 14.7. The Hall–Kier alpha value is -3.19. The predicted molar refractivity (Wildman–Crippen MR) is 114 cm³/mol. The van der Waals surface area contributed by atoms with Gasteiger partial charge in [-0.3, -0.25) is 19.5 Å². The molecule has 1 aromatic carbocycles. The molecule has 30 heavy (non-hydrogen) atoms. The number of aromatic nitrogens is 2. The van der Waals surface area contributed by atoms with Gasteiger partial charge in [0.1, 0.15) is 0 Å². The molecule has 2 amide bonds. The van der Waals surface area contributed by atoms with Crippen molar-refractivity contribution in [2.75, 3.05) is 39.3 Å². The summed E-state index contributed by atoms with van der Waals surface area (Å²) in [6.45, 7) is 5.15. The number of carbonyl (C=O) groups is 2. The van der Waals surface area contributed by atoms with E-state index in [1.807, 2.05) is 53.7 Å². The number of benzene rings is 1. The van der Waals surface area contributed by atoms with E-state index in [1.54, 1.807) is 11.1 Å². The van der Waals surface area contributed by atoms with Crippen molar-refractivity contribution in [3.8, 4) is 0 Å². The zero-order valence-corrected chi connectivity index (χ0v) is 16.8. The van der Waals surface area contributed by atoms with Gasteiger partial charge in [-0.1, -0.05) is 18.2 Å². The molecule has 2 aliphatic heterocycles. The fourth-order valence-electron chi connectivity index (χ4n) is 4.35. The Bertz CT molecular complexity index is 1050. The topological polar surface area (TPSA) is 72.5 Å². The van der Waals surface area contributed by atoms with Crippen molar-refractivity contribution >= 4 is 22.7 Å². The number of hydrogen-bond acceptors (Lipinski definition) is 4. The molecule has 5 rings (SSSR count). The average Bonchev–Trinajstić information content (AvgIpc) is 3.18. The van der Waals surface area contributed by atoms with E-state index in [0.717, 1.165) is 43.6 Å². The van der Waals surface area contributed by atoms with Crippen molar-refractivity contribution in [3.05, 3.63) is 66.1 Å². The number of fused-ring (bicyclic) bond motifs is 1. The quantitative estimate of drug-likeness (QED) is 0.723. The second-order valence-corrected chi connectivity index (χ2v) is 8.11. The summed E-state index contributed by atoms with van der Waals surface area (Å²) in [6.07, 6.45) is 5.40. The largest absolute Gasteiger partial charge is 0.360 e. The minimum Gasteiger partial charge on any atom is -0.360 e. The van der Waals surface area contributed by atoms with Crippen LogP contribution in [0.15, 0.2) is 55.0 Å². The van der Waals surface area contributed by atoms with E-state index >= 15 is 0 Å². The number of pyridine rings is 1. The zero-order valence-electron chi connectivity index (χ0n) is 16.8. The summed E-state index contributed by atoms with van der Waals surface area (Å²) in [4.78, 5) is 39.0. The molecule has 0 aliphatic carbocycles. The van der Waals surface area contributed by atoms with E-state index < -0.39 is 0 Å². The number of rotatable bonds is 4. The van der Waals surface area contributed by atoms with Gasteiger partial charge in [-0.25, -0.2) is 0 Å². The molecule has 0 spiro atoms. The summed E-state index contributed by atoms with van der Waals surface area (Å²) in [5.74, 6) is 0.103. The zero-order chi connectivity index (χ0) is 20.5. The highest BCUT2D eigenvalue weighted by atomic mass is 16.2. The highest BCUT2D eigenvalue weighted by Gasteiger charge is 2.39. The van der Waals surface area contributed by atoms with E-state index in [9.17, 15) is 9.59 Å². The second kappa shape index (κ2) is 7.91. The van der Waals surface area contributed by atoms with Gasteiger partial charge in [0.15, 0.2) is 0 Å². The molecule has 1 N–H and O–H groups in total. The second-order valence-electron chi connectivity index (χ2n) is 8.11. The van der Waals surface area contributed by atoms with Crippen LogP contribution in [-0.4, -0.2) is 75.8 Å². The van der Waals surface area contributed by atoms with Crippen LogP contribution < -0.4 is 0 Å². The van der Waals surface area contributed by atoms with Gasteiger partial charge in [0.05, 0.1) is 11.5 Å². The highest BCUT2D eigenvalue weighted by Crippen LogP contribution is 2.25. The Morgan fingerprint density at radius 3 is 2.47 bits per heavy atom. The van der Waals surface area contributed by atoms with Crippen LogP contribution >= 0.6 is 0 Å². The maximum absolute atomic E-state index is 12.9. The van der Waals surface area contributed by atoms with Gasteiger partial charge in [-0.05, 0) is 23.8 Å². The lowest BCUT2D eigenvalue weighted by Crippen LogP contribution is -2.59. The van der Waals surface area contributed by atoms with Crippen molar-refractivity contribution in [2.24, 2.45) is 5.92 Å². The number of H-pyrrole nitrogens is 1. The molecule has 0 unspecified atom stereocenters. The van der Waals surface area contributed by atoms with E-state index in [4.69, 9.17) is 0 Å². The maximum atomic E-state index is 12.9. The van der Waals surface area contributed by atoms with Crippen molar-refractivity contribution < 1.29 is 9.59 Å². The van der Waals surface area contributed by atoms with Crippen LogP contribution in [-0.2, 0) is 11.3 Å². The number of nitrogens with one attached hydrogen (secondary N) is 1. The summed E-state index contributed by atoms with van der Waals surface area (Å²) in [7, 11) is 0. The van der Waals surface area contributed by atoms with Gasteiger partial charge in [-0.15, -0.1) is 0 Å². The molecule has 4 heterocycles. The molecular formula is C23H25N5O2. The van der Waals surface area contributed by atoms with Crippen LogP contribution in [0.3, 0.4) is 0 Å². The molecule has 7 nitrogen and oxygen atoms in total. The Morgan fingerprint density at radius 1 is 0.967 bits per heavy atom. The van der Waals surface area contributed by atoms with Gasteiger partial charge < -0.3 is 14.8 Å². The van der Waals surface area contributed by atoms with Gasteiger partial charge in [0, 0.05) is 75.3 Å². The van der Waals surface area contributed by atoms with Gasteiger partial charge in [0.25, 0.3) is 5.91 Å². The summed E-state index contributed by atoms with van der Waals surface area (Å²) >= 11 is 0. The molecule has 0 bridgehead atoms. The summed E-state index contributed by atoms with van der Waals surface area (Å²) in [5, 5.41) is 0.933. The third-order valence-electron chi connectivity index (χ3n) is 6.18. The number of para-hydroxylation sites is 1. The molecular weight excluding hydrogens is 378 g/mol. The molecule has 2 saturated heterocycles. The van der Waals surface area contributed by atoms with Crippen LogP contribution in [0.4, 0.5) is 0 Å². The van der Waals surface area contributed by atoms with Crippen LogP contribution in [0.5, 0.6) is 0 Å². The highest BCUT2D eigenvalue weighted by molar-refractivity contribution is 6.07. The third-order valence-corrected chi connectivity index (χ3v) is 6.18. The van der Waals surface area contributed by atoms with Crippen LogP contribution in [0.25, 0.3) is 10.9 Å². The molecule has 3 aromatic rings. The fourth-order valence-corrected chi connectivity index (χ4v) is 4.35. The first kappa shape index (κ1) is 18.8. The maximum Gasteiger partial charge on any atom is 0.256 e. The first-order valence-corrected chi connectivity index (χ1v) is 10.4. The van der Waals surface area contributed by atoms with Crippen LogP contribution in [0, 0.1) is 5.92 Å². The molecule has 0 saturated carbocycles. The van der Waals surface area contributed by atoms with E-state index in [1.165, 1.54) is 5.56 Å². The van der Waals surface area contributed by atoms with Crippen molar-refractivity contribution in [1.29, 1.82) is 0 Å². The third kappa shape index (κ3) is 3.57. The summed E-state index contributed by atoms with van der Waals surface area (Å²) in [6, 6.07) is 11.9. The smallest absolute Gasteiger partial charge is 0.256 e. The molecule has 0 atom stereocenters. The number of amides is 2. The van der Waals surface area contributed by atoms with Crippen molar-refractivity contribution in [2.45, 2.75) is 6.54 Å². The molecule has 2 aromatic heterocycles. The molecule has 2 aliphatic rings. The minimum atomic E-state index is -0.0779. The molecule has 0 radical (unpaired) electrons. The molecule has 154 valence electrons. The Balaban J connectivity index is 1.12. The molecule has 7 heteroatoms. The Labute approximate surface area is 175 Å². The fraction of sp³-hybridized carbons (Fsp3) is 0.348. The Morgan fingerprint density at radius 2 is 1.70 bits per heavy atom. The van der Waals surface area contributed by atoms with Crippen molar-refractivity contribution in [1.82, 2.24) is 24.7 Å². The predicted octanol–water partition coefficient (Wildman–Crippen LogP) is 1.98. The number of carbonyl (C=O) groups excluding carboxylic acids is 2. The van der Waals surface area contributed by atoms with Crippen LogP contribution in [0.2, 0.25) is 0 Å². The number of aromatic amines is 1. The standard InChI is InChI=1S/C23H25N5O2/c29-22(27-11-9-26(10-12-27)14-17-5-7-24-8-6-17)18-15-28(16-18)23(30)20-13-25-21-4-2-1-3-19(20)21/h1-8,13,18,25H,9-12,14-16H2. The van der Waals surface area contributed by atoms with Crippen molar-refractivity contribution in [3.63, 3.8) is 0 Å². The normalized spacial score (nSPS) is 17.9. The Kier molecular flexibility index (Phi) is 4.96. The van der Waals surface area contributed by atoms with Gasteiger partial charge in [-0.2, -0.15) is 0 Å².